The number of anilines is 1. The van der Waals surface area contributed by atoms with Crippen molar-refractivity contribution in [2.24, 2.45) is 5.92 Å². The molecule has 0 heterocycles. The monoisotopic (exact) mass is 296 g/mol. The van der Waals surface area contributed by atoms with Gasteiger partial charge < -0.3 is 10.2 Å². The highest BCUT2D eigenvalue weighted by Gasteiger charge is 2.15. The smallest absolute Gasteiger partial charge is 0.0471 e. The van der Waals surface area contributed by atoms with Gasteiger partial charge >= 0.3 is 0 Å². The highest BCUT2D eigenvalue weighted by atomic mass is 35.5. The summed E-state index contributed by atoms with van der Waals surface area (Å²) >= 11 is 6.41. The molecule has 0 saturated carbocycles. The number of nitrogens with zero attached hydrogens (tertiary/aromatic N) is 1. The molecule has 0 aromatic heterocycles. The minimum Gasteiger partial charge on any atom is -0.374 e. The number of hydrogen-bond acceptors (Lipinski definition) is 2. The van der Waals surface area contributed by atoms with Crippen LogP contribution in [0.3, 0.4) is 0 Å². The molecule has 0 fully saturated rings. The minimum absolute atomic E-state index is 0.0890. The number of halogens is 1. The van der Waals surface area contributed by atoms with Crippen LogP contribution in [-0.4, -0.2) is 19.1 Å². The van der Waals surface area contributed by atoms with Crippen molar-refractivity contribution in [2.75, 3.05) is 18.5 Å². The van der Waals surface area contributed by atoms with Gasteiger partial charge in [0.1, 0.15) is 0 Å². The largest absolute Gasteiger partial charge is 0.374 e. The summed E-state index contributed by atoms with van der Waals surface area (Å²) in [4.78, 5) is 2.32. The Hall–Kier alpha value is -0.730. The van der Waals surface area contributed by atoms with Crippen LogP contribution in [0.5, 0.6) is 0 Å². The normalized spacial score (nSPS) is 13.3. The number of nitrogens with one attached hydrogen (secondary N) is 1. The average molecular weight is 297 g/mol. The van der Waals surface area contributed by atoms with Crippen molar-refractivity contribution in [3.8, 4) is 0 Å². The van der Waals surface area contributed by atoms with Crippen LogP contribution in [0, 0.1) is 5.92 Å². The number of benzene rings is 1. The lowest BCUT2D eigenvalue weighted by Gasteiger charge is -2.28. The predicted octanol–water partition coefficient (Wildman–Crippen LogP) is 4.71. The number of rotatable bonds is 6. The third-order valence-corrected chi connectivity index (χ3v) is 3.94. The first-order valence-electron chi connectivity index (χ1n) is 7.48. The van der Waals surface area contributed by atoms with Crippen LogP contribution < -0.4 is 10.2 Å². The first kappa shape index (κ1) is 17.3. The zero-order valence-corrected chi connectivity index (χ0v) is 14.5. The maximum atomic E-state index is 6.41. The fourth-order valence-electron chi connectivity index (χ4n) is 2.13. The van der Waals surface area contributed by atoms with Crippen molar-refractivity contribution < 1.29 is 0 Å². The van der Waals surface area contributed by atoms with E-state index in [4.69, 9.17) is 11.6 Å². The maximum Gasteiger partial charge on any atom is 0.0471 e. The molecule has 0 saturated heterocycles. The Balaban J connectivity index is 2.92. The first-order chi connectivity index (χ1) is 9.24. The van der Waals surface area contributed by atoms with Crippen LogP contribution in [0.2, 0.25) is 5.02 Å². The third-order valence-electron chi connectivity index (χ3n) is 3.58. The fraction of sp³-hybridized carbons (Fsp3) is 0.647. The summed E-state index contributed by atoms with van der Waals surface area (Å²) in [5.41, 5.74) is 2.51. The van der Waals surface area contributed by atoms with Gasteiger partial charge in [0.25, 0.3) is 0 Å². The van der Waals surface area contributed by atoms with Gasteiger partial charge in [-0.2, -0.15) is 0 Å². The Bertz CT molecular complexity index is 423. The van der Waals surface area contributed by atoms with E-state index in [0.717, 1.165) is 18.1 Å². The van der Waals surface area contributed by atoms with E-state index in [-0.39, 0.29) is 5.54 Å². The molecule has 0 amide bonds. The molecule has 0 aliphatic rings. The zero-order chi connectivity index (χ0) is 15.3. The molecule has 114 valence electrons. The van der Waals surface area contributed by atoms with Gasteiger partial charge in [0.2, 0.25) is 0 Å². The maximum absolute atomic E-state index is 6.41. The lowest BCUT2D eigenvalue weighted by molar-refractivity contribution is 0.424. The van der Waals surface area contributed by atoms with Crippen LogP contribution >= 0.6 is 11.6 Å². The lowest BCUT2D eigenvalue weighted by Crippen LogP contribution is -2.36. The van der Waals surface area contributed by atoms with Gasteiger partial charge in [0, 0.05) is 41.9 Å². The Morgan fingerprint density at radius 2 is 1.95 bits per heavy atom. The van der Waals surface area contributed by atoms with Gasteiger partial charge in [-0.1, -0.05) is 37.9 Å². The van der Waals surface area contributed by atoms with Crippen LogP contribution in [-0.2, 0) is 6.54 Å². The Morgan fingerprint density at radius 1 is 1.30 bits per heavy atom. The standard InChI is InChI=1S/C17H29ClN2/c1-7-13(2)12-20(6)16-10-8-9-15(18)14(16)11-19-17(3,4)5/h8-10,13,19H,7,11-12H2,1-6H3. The molecule has 20 heavy (non-hydrogen) atoms. The third kappa shape index (κ3) is 5.34. The van der Waals surface area contributed by atoms with Crippen molar-refractivity contribution in [1.82, 2.24) is 5.32 Å². The molecule has 3 heteroatoms. The second kappa shape index (κ2) is 7.33. The lowest BCUT2D eigenvalue weighted by atomic mass is 10.1. The molecule has 0 bridgehead atoms. The Morgan fingerprint density at radius 3 is 2.50 bits per heavy atom. The highest BCUT2D eigenvalue weighted by molar-refractivity contribution is 6.31. The van der Waals surface area contributed by atoms with Gasteiger partial charge in [-0.3, -0.25) is 0 Å². The van der Waals surface area contributed by atoms with E-state index in [0.29, 0.717) is 5.92 Å². The summed E-state index contributed by atoms with van der Waals surface area (Å²) in [7, 11) is 2.15. The second-order valence-corrected chi connectivity index (χ2v) is 7.14. The molecule has 1 aromatic carbocycles. The molecule has 1 unspecified atom stereocenters. The van der Waals surface area contributed by atoms with Crippen molar-refractivity contribution in [3.63, 3.8) is 0 Å². The average Bonchev–Trinajstić information content (AvgIpc) is 2.35. The molecule has 0 spiro atoms. The second-order valence-electron chi connectivity index (χ2n) is 6.74. The molecule has 1 aromatic rings. The van der Waals surface area contributed by atoms with E-state index in [1.54, 1.807) is 0 Å². The Kier molecular flexibility index (Phi) is 6.35. The van der Waals surface area contributed by atoms with Gasteiger partial charge in [0.05, 0.1) is 0 Å². The fourth-order valence-corrected chi connectivity index (χ4v) is 2.36. The van der Waals surface area contributed by atoms with Crippen LogP contribution in [0.15, 0.2) is 18.2 Å². The van der Waals surface area contributed by atoms with E-state index in [2.05, 4.69) is 57.9 Å². The van der Waals surface area contributed by atoms with E-state index >= 15 is 0 Å². The van der Waals surface area contributed by atoms with Crippen molar-refractivity contribution in [3.05, 3.63) is 28.8 Å². The van der Waals surface area contributed by atoms with Gasteiger partial charge in [-0.05, 0) is 38.8 Å². The quantitative estimate of drug-likeness (QED) is 0.818. The summed E-state index contributed by atoms with van der Waals surface area (Å²) in [6, 6.07) is 6.17. The molecule has 0 aliphatic carbocycles. The van der Waals surface area contributed by atoms with Gasteiger partial charge in [0.15, 0.2) is 0 Å². The molecular formula is C17H29ClN2. The molecule has 2 nitrogen and oxygen atoms in total. The first-order valence-corrected chi connectivity index (χ1v) is 7.86. The van der Waals surface area contributed by atoms with Crippen molar-refractivity contribution in [2.45, 2.75) is 53.1 Å². The number of hydrogen-bond donors (Lipinski definition) is 1. The summed E-state index contributed by atoms with van der Waals surface area (Å²) in [6.45, 7) is 12.9. The summed E-state index contributed by atoms with van der Waals surface area (Å²) < 4.78 is 0. The summed E-state index contributed by atoms with van der Waals surface area (Å²) in [5, 5.41) is 4.37. The molecule has 1 rings (SSSR count). The van der Waals surface area contributed by atoms with E-state index in [9.17, 15) is 0 Å². The van der Waals surface area contributed by atoms with Crippen molar-refractivity contribution in [1.29, 1.82) is 0 Å². The van der Waals surface area contributed by atoms with Crippen molar-refractivity contribution >= 4 is 17.3 Å². The van der Waals surface area contributed by atoms with E-state index < -0.39 is 0 Å². The van der Waals surface area contributed by atoms with Gasteiger partial charge in [-0.25, -0.2) is 0 Å². The van der Waals surface area contributed by atoms with E-state index in [1.807, 2.05) is 12.1 Å². The van der Waals surface area contributed by atoms with E-state index in [1.165, 1.54) is 17.7 Å². The van der Waals surface area contributed by atoms with Gasteiger partial charge in [-0.15, -0.1) is 0 Å². The Labute approximate surface area is 129 Å². The van der Waals surface area contributed by atoms with Crippen LogP contribution in [0.25, 0.3) is 0 Å². The van der Waals surface area contributed by atoms with Crippen LogP contribution in [0.4, 0.5) is 5.69 Å². The SMILES string of the molecule is CCC(C)CN(C)c1cccc(Cl)c1CNC(C)(C)C. The zero-order valence-electron chi connectivity index (χ0n) is 13.8. The highest BCUT2D eigenvalue weighted by Crippen LogP contribution is 2.28. The molecule has 1 N–H and O–H groups in total. The summed E-state index contributed by atoms with van der Waals surface area (Å²) in [5.74, 6) is 0.683. The topological polar surface area (TPSA) is 15.3 Å². The predicted molar refractivity (Wildman–Crippen MR) is 90.8 cm³/mol. The molecule has 0 aliphatic heterocycles. The molecular weight excluding hydrogens is 268 g/mol. The van der Waals surface area contributed by atoms with Crippen LogP contribution in [0.1, 0.15) is 46.6 Å². The minimum atomic E-state index is 0.0890. The molecule has 0 radical (unpaired) electrons. The summed E-state index contributed by atoms with van der Waals surface area (Å²) in [6.07, 6.45) is 1.19. The molecule has 1 atom stereocenters.